The van der Waals surface area contributed by atoms with E-state index in [-0.39, 0.29) is 24.7 Å². The molecule has 0 aliphatic rings. The number of nitrogen functional groups attached to an aromatic ring is 1. The fourth-order valence-electron chi connectivity index (χ4n) is 1.15. The Bertz CT molecular complexity index is 385. The molecule has 0 fully saturated rings. The molecule has 0 aromatic carbocycles. The van der Waals surface area contributed by atoms with E-state index in [2.05, 4.69) is 10.3 Å². The molecule has 0 atom stereocenters. The second-order valence-corrected chi connectivity index (χ2v) is 3.16. The maximum absolute atomic E-state index is 10.6. The molecule has 0 bridgehead atoms. The highest BCUT2D eigenvalue weighted by Crippen LogP contribution is 2.18. The van der Waals surface area contributed by atoms with Crippen LogP contribution in [-0.2, 0) is 4.74 Å². The molecule has 4 N–H and O–H groups in total. The third-order valence-corrected chi connectivity index (χ3v) is 1.83. The molecule has 0 radical (unpaired) electrons. The van der Waals surface area contributed by atoms with E-state index in [1.807, 2.05) is 0 Å². The summed E-state index contributed by atoms with van der Waals surface area (Å²) in [6.07, 6.45) is 0. The largest absolute Gasteiger partial charge is 0.394 e. The molecular weight excluding hydrogens is 228 g/mol. The minimum absolute atomic E-state index is 0.0397. The number of hydrogen-bond acceptors (Lipinski definition) is 7. The van der Waals surface area contributed by atoms with Crippen LogP contribution in [-0.4, -0.2) is 41.4 Å². The van der Waals surface area contributed by atoms with Gasteiger partial charge in [0, 0.05) is 6.54 Å². The van der Waals surface area contributed by atoms with Crippen LogP contribution in [0.2, 0.25) is 0 Å². The number of rotatable bonds is 7. The first kappa shape index (κ1) is 13.1. The monoisotopic (exact) mass is 242 g/mol. The quantitative estimate of drug-likeness (QED) is 0.349. The molecule has 17 heavy (non-hydrogen) atoms. The van der Waals surface area contributed by atoms with Gasteiger partial charge >= 0.3 is 0 Å². The maximum Gasteiger partial charge on any atom is 0.276 e. The number of nitrogens with one attached hydrogen (secondary N) is 1. The zero-order chi connectivity index (χ0) is 12.7. The van der Waals surface area contributed by atoms with Gasteiger partial charge in [0.05, 0.1) is 36.9 Å². The molecule has 0 aliphatic carbocycles. The number of aliphatic hydroxyl groups excluding tert-OH is 1. The van der Waals surface area contributed by atoms with Crippen molar-refractivity contribution < 1.29 is 14.8 Å². The van der Waals surface area contributed by atoms with E-state index in [0.717, 1.165) is 0 Å². The molecule has 0 unspecified atom stereocenters. The molecule has 0 aliphatic heterocycles. The van der Waals surface area contributed by atoms with Crippen molar-refractivity contribution in [2.75, 3.05) is 37.4 Å². The van der Waals surface area contributed by atoms with Gasteiger partial charge in [-0.3, -0.25) is 10.1 Å². The Labute approximate surface area is 97.6 Å². The number of nitrogens with zero attached hydrogens (tertiary/aromatic N) is 2. The number of nitro groups is 1. The molecule has 1 aromatic rings. The van der Waals surface area contributed by atoms with Crippen LogP contribution in [0.15, 0.2) is 12.1 Å². The van der Waals surface area contributed by atoms with E-state index in [9.17, 15) is 10.1 Å². The van der Waals surface area contributed by atoms with Gasteiger partial charge in [0.25, 0.3) is 5.69 Å². The smallest absolute Gasteiger partial charge is 0.276 e. The number of hydrogen-bond donors (Lipinski definition) is 3. The molecule has 0 saturated heterocycles. The highest BCUT2D eigenvalue weighted by molar-refractivity contribution is 5.52. The van der Waals surface area contributed by atoms with Crippen LogP contribution >= 0.6 is 0 Å². The lowest BCUT2D eigenvalue weighted by Crippen LogP contribution is -2.12. The van der Waals surface area contributed by atoms with Crippen molar-refractivity contribution in [2.24, 2.45) is 0 Å². The Morgan fingerprint density at radius 2 is 2.29 bits per heavy atom. The van der Waals surface area contributed by atoms with Crippen molar-refractivity contribution in [1.29, 1.82) is 0 Å². The summed E-state index contributed by atoms with van der Waals surface area (Å²) in [5.74, 6) is 0.405. The predicted molar refractivity (Wildman–Crippen MR) is 61.7 cm³/mol. The van der Waals surface area contributed by atoms with Gasteiger partial charge in [-0.25, -0.2) is 4.98 Å². The van der Waals surface area contributed by atoms with E-state index < -0.39 is 4.92 Å². The Hall–Kier alpha value is -1.93. The van der Waals surface area contributed by atoms with E-state index in [0.29, 0.717) is 19.0 Å². The maximum atomic E-state index is 10.6. The van der Waals surface area contributed by atoms with Crippen LogP contribution in [0.1, 0.15) is 0 Å². The average molecular weight is 242 g/mol. The molecular formula is C9H14N4O4. The van der Waals surface area contributed by atoms with Crippen LogP contribution in [0.4, 0.5) is 17.3 Å². The molecule has 0 saturated carbocycles. The first-order valence-electron chi connectivity index (χ1n) is 4.98. The van der Waals surface area contributed by atoms with Gasteiger partial charge in [-0.2, -0.15) is 0 Å². The molecule has 0 amide bonds. The zero-order valence-corrected chi connectivity index (χ0v) is 9.13. The second kappa shape index (κ2) is 6.61. The van der Waals surface area contributed by atoms with E-state index in [4.69, 9.17) is 15.6 Å². The van der Waals surface area contributed by atoms with E-state index in [1.54, 1.807) is 0 Å². The van der Waals surface area contributed by atoms with Gasteiger partial charge in [0.1, 0.15) is 11.6 Å². The second-order valence-electron chi connectivity index (χ2n) is 3.16. The summed E-state index contributed by atoms with van der Waals surface area (Å²) < 4.78 is 5.01. The van der Waals surface area contributed by atoms with Gasteiger partial charge in [-0.05, 0) is 0 Å². The molecule has 1 rings (SSSR count). The fourth-order valence-corrected chi connectivity index (χ4v) is 1.15. The highest BCUT2D eigenvalue weighted by Gasteiger charge is 2.09. The van der Waals surface area contributed by atoms with Gasteiger partial charge < -0.3 is 20.9 Å². The predicted octanol–water partition coefficient (Wildman–Crippen LogP) is -0.00720. The number of aliphatic hydroxyl groups is 1. The summed E-state index contributed by atoms with van der Waals surface area (Å²) in [4.78, 5) is 13.9. The number of anilines is 2. The van der Waals surface area contributed by atoms with Crippen molar-refractivity contribution in [3.8, 4) is 0 Å². The summed E-state index contributed by atoms with van der Waals surface area (Å²) >= 11 is 0. The lowest BCUT2D eigenvalue weighted by Gasteiger charge is -2.06. The summed E-state index contributed by atoms with van der Waals surface area (Å²) in [7, 11) is 0. The number of pyridine rings is 1. The van der Waals surface area contributed by atoms with Gasteiger partial charge in [-0.1, -0.05) is 0 Å². The van der Waals surface area contributed by atoms with Crippen molar-refractivity contribution in [3.05, 3.63) is 22.2 Å². The molecule has 0 spiro atoms. The third-order valence-electron chi connectivity index (χ3n) is 1.83. The van der Waals surface area contributed by atoms with E-state index >= 15 is 0 Å². The zero-order valence-electron chi connectivity index (χ0n) is 9.13. The van der Waals surface area contributed by atoms with Crippen LogP contribution in [0.25, 0.3) is 0 Å². The van der Waals surface area contributed by atoms with Crippen LogP contribution < -0.4 is 11.1 Å². The van der Waals surface area contributed by atoms with Crippen molar-refractivity contribution in [1.82, 2.24) is 4.98 Å². The Morgan fingerprint density at radius 3 is 2.94 bits per heavy atom. The van der Waals surface area contributed by atoms with Crippen molar-refractivity contribution >= 4 is 17.3 Å². The molecule has 1 aromatic heterocycles. The lowest BCUT2D eigenvalue weighted by molar-refractivity contribution is -0.384. The summed E-state index contributed by atoms with van der Waals surface area (Å²) in [5, 5.41) is 21.9. The standard InChI is InChI=1S/C9H14N4O4/c10-8-5-7(13(15)16)6-9(12-8)11-1-3-17-4-2-14/h5-6,14H,1-4H2,(H3,10,11,12). The minimum Gasteiger partial charge on any atom is -0.394 e. The van der Waals surface area contributed by atoms with Crippen molar-refractivity contribution in [3.63, 3.8) is 0 Å². The number of ether oxygens (including phenoxy) is 1. The summed E-state index contributed by atoms with van der Waals surface area (Å²) in [6, 6.07) is 2.48. The Balaban J connectivity index is 2.50. The third kappa shape index (κ3) is 4.62. The van der Waals surface area contributed by atoms with E-state index in [1.165, 1.54) is 12.1 Å². The first-order valence-corrected chi connectivity index (χ1v) is 4.98. The molecule has 8 heteroatoms. The van der Waals surface area contributed by atoms with Gasteiger partial charge in [0.15, 0.2) is 0 Å². The van der Waals surface area contributed by atoms with Gasteiger partial charge in [-0.15, -0.1) is 0 Å². The first-order chi connectivity index (χ1) is 8.13. The highest BCUT2D eigenvalue weighted by atomic mass is 16.6. The summed E-state index contributed by atoms with van der Waals surface area (Å²) in [6.45, 7) is 1.01. The van der Waals surface area contributed by atoms with Crippen LogP contribution in [0.5, 0.6) is 0 Å². The number of aromatic nitrogens is 1. The lowest BCUT2D eigenvalue weighted by atomic mass is 10.3. The SMILES string of the molecule is Nc1cc([N+](=O)[O-])cc(NCCOCCO)n1. The average Bonchev–Trinajstić information content (AvgIpc) is 2.28. The summed E-state index contributed by atoms with van der Waals surface area (Å²) in [5.41, 5.74) is 5.31. The minimum atomic E-state index is -0.536. The molecule has 94 valence electrons. The van der Waals surface area contributed by atoms with Gasteiger partial charge in [0.2, 0.25) is 0 Å². The topological polar surface area (TPSA) is 124 Å². The fraction of sp³-hybridized carbons (Fsp3) is 0.444. The Morgan fingerprint density at radius 1 is 1.53 bits per heavy atom. The van der Waals surface area contributed by atoms with Crippen molar-refractivity contribution in [2.45, 2.75) is 0 Å². The van der Waals surface area contributed by atoms with Crippen LogP contribution in [0, 0.1) is 10.1 Å². The molecule has 8 nitrogen and oxygen atoms in total. The Kier molecular flexibility index (Phi) is 5.11. The molecule has 1 heterocycles. The van der Waals surface area contributed by atoms with Crippen LogP contribution in [0.3, 0.4) is 0 Å². The normalized spacial score (nSPS) is 10.2. The number of nitrogens with two attached hydrogens (primary N) is 1.